The van der Waals surface area contributed by atoms with Crippen molar-refractivity contribution in [1.29, 1.82) is 0 Å². The van der Waals surface area contributed by atoms with Crippen molar-refractivity contribution in [2.24, 2.45) is 17.8 Å². The van der Waals surface area contributed by atoms with Gasteiger partial charge in [0.25, 0.3) is 0 Å². The Morgan fingerprint density at radius 2 is 1.67 bits per heavy atom. The van der Waals surface area contributed by atoms with Crippen LogP contribution in [0.3, 0.4) is 0 Å². The van der Waals surface area contributed by atoms with Gasteiger partial charge in [-0.05, 0) is 43.9 Å². The summed E-state index contributed by atoms with van der Waals surface area (Å²) in [6.07, 6.45) is 5.84. The fourth-order valence-corrected chi connectivity index (χ4v) is 4.17. The molecule has 0 spiro atoms. The Bertz CT molecular complexity index is 276. The second-order valence-electron chi connectivity index (χ2n) is 6.56. The van der Waals surface area contributed by atoms with Crippen LogP contribution < -0.4 is 0 Å². The van der Waals surface area contributed by atoms with Gasteiger partial charge in [0.1, 0.15) is 5.78 Å². The molecular formula is C15H26BrNO. The van der Waals surface area contributed by atoms with Gasteiger partial charge < -0.3 is 0 Å². The first-order valence-corrected chi connectivity index (χ1v) is 8.35. The molecule has 1 aliphatic carbocycles. The van der Waals surface area contributed by atoms with E-state index in [0.717, 1.165) is 37.8 Å². The Balaban J connectivity index is 1.80. The summed E-state index contributed by atoms with van der Waals surface area (Å²) in [7, 11) is 0. The summed E-state index contributed by atoms with van der Waals surface area (Å²) in [6.45, 7) is 7.55. The molecule has 18 heavy (non-hydrogen) atoms. The zero-order chi connectivity index (χ0) is 13.1. The number of carbonyl (C=O) groups excluding carboxylic acids is 1. The number of halogens is 1. The highest BCUT2D eigenvalue weighted by molar-refractivity contribution is 9.09. The summed E-state index contributed by atoms with van der Waals surface area (Å²) in [5.41, 5.74) is 0. The van der Waals surface area contributed by atoms with E-state index in [1.54, 1.807) is 0 Å². The Hall–Kier alpha value is 0.110. The zero-order valence-electron chi connectivity index (χ0n) is 11.7. The predicted octanol–water partition coefficient (Wildman–Crippen LogP) is 3.49. The summed E-state index contributed by atoms with van der Waals surface area (Å²) in [6, 6.07) is 0. The van der Waals surface area contributed by atoms with Crippen LogP contribution in [-0.2, 0) is 4.79 Å². The van der Waals surface area contributed by atoms with E-state index in [9.17, 15) is 4.79 Å². The molecule has 2 rings (SSSR count). The Morgan fingerprint density at radius 3 is 2.22 bits per heavy atom. The largest absolute Gasteiger partial charge is 0.298 e. The highest BCUT2D eigenvalue weighted by atomic mass is 79.9. The lowest BCUT2D eigenvalue weighted by Gasteiger charge is -2.35. The van der Waals surface area contributed by atoms with Crippen molar-refractivity contribution in [2.45, 2.75) is 50.8 Å². The minimum absolute atomic E-state index is 0.339. The van der Waals surface area contributed by atoms with Crippen LogP contribution in [0.4, 0.5) is 0 Å². The van der Waals surface area contributed by atoms with Crippen molar-refractivity contribution in [2.75, 3.05) is 19.6 Å². The molecule has 2 fully saturated rings. The molecule has 104 valence electrons. The van der Waals surface area contributed by atoms with Crippen LogP contribution in [0.15, 0.2) is 0 Å². The number of piperidine rings is 1. The van der Waals surface area contributed by atoms with Gasteiger partial charge in [-0.15, -0.1) is 0 Å². The summed E-state index contributed by atoms with van der Waals surface area (Å²) in [5.74, 6) is 2.33. The summed E-state index contributed by atoms with van der Waals surface area (Å²) in [4.78, 5) is 15.4. The van der Waals surface area contributed by atoms with E-state index in [2.05, 4.69) is 34.7 Å². The first-order chi connectivity index (χ1) is 8.54. The maximum absolute atomic E-state index is 12.3. The van der Waals surface area contributed by atoms with Gasteiger partial charge in [-0.1, -0.05) is 29.8 Å². The second kappa shape index (κ2) is 6.51. The number of ketones is 1. The van der Waals surface area contributed by atoms with Gasteiger partial charge in [-0.2, -0.15) is 0 Å². The van der Waals surface area contributed by atoms with Crippen LogP contribution in [0, 0.1) is 17.8 Å². The maximum Gasteiger partial charge on any atom is 0.149 e. The van der Waals surface area contributed by atoms with E-state index in [-0.39, 0.29) is 0 Å². The lowest BCUT2D eigenvalue weighted by Crippen LogP contribution is -2.43. The average molecular weight is 316 g/mol. The molecule has 1 saturated carbocycles. The molecule has 3 heteroatoms. The SMILES string of the molecule is CC1CC(C)CN(CC(=O)C2CCC(Br)CC2)C1. The van der Waals surface area contributed by atoms with Gasteiger partial charge in [0, 0.05) is 23.8 Å². The van der Waals surface area contributed by atoms with Crippen LogP contribution in [0.25, 0.3) is 0 Å². The quantitative estimate of drug-likeness (QED) is 0.743. The molecule has 0 N–H and O–H groups in total. The molecule has 1 aliphatic heterocycles. The van der Waals surface area contributed by atoms with Gasteiger partial charge in [-0.3, -0.25) is 9.69 Å². The molecule has 0 aromatic rings. The smallest absolute Gasteiger partial charge is 0.149 e. The van der Waals surface area contributed by atoms with Crippen LogP contribution >= 0.6 is 15.9 Å². The van der Waals surface area contributed by atoms with Crippen LogP contribution in [0.1, 0.15) is 46.0 Å². The van der Waals surface area contributed by atoms with Crippen molar-refractivity contribution < 1.29 is 4.79 Å². The lowest BCUT2D eigenvalue weighted by atomic mass is 9.85. The molecule has 0 aromatic heterocycles. The number of likely N-dealkylation sites (tertiary alicyclic amines) is 1. The third kappa shape index (κ3) is 4.06. The molecule has 0 aromatic carbocycles. The number of carbonyl (C=O) groups is 1. The van der Waals surface area contributed by atoms with Crippen molar-refractivity contribution >= 4 is 21.7 Å². The summed E-state index contributed by atoms with van der Waals surface area (Å²) >= 11 is 3.66. The number of nitrogens with zero attached hydrogens (tertiary/aromatic N) is 1. The van der Waals surface area contributed by atoms with Gasteiger partial charge in [0.05, 0.1) is 6.54 Å². The summed E-state index contributed by atoms with van der Waals surface area (Å²) in [5, 5.41) is 0. The first-order valence-electron chi connectivity index (χ1n) is 7.43. The standard InChI is InChI=1S/C15H26BrNO/c1-11-7-12(2)9-17(8-11)10-15(18)13-3-5-14(16)6-4-13/h11-14H,3-10H2,1-2H3. The van der Waals surface area contributed by atoms with Crippen molar-refractivity contribution in [1.82, 2.24) is 4.90 Å². The molecule has 2 atom stereocenters. The van der Waals surface area contributed by atoms with Crippen molar-refractivity contribution in [3.63, 3.8) is 0 Å². The van der Waals surface area contributed by atoms with Crippen molar-refractivity contribution in [3.8, 4) is 0 Å². The molecule has 2 unspecified atom stereocenters. The lowest BCUT2D eigenvalue weighted by molar-refractivity contribution is -0.125. The van der Waals surface area contributed by atoms with E-state index in [1.165, 1.54) is 19.3 Å². The fourth-order valence-electron chi connectivity index (χ4n) is 3.65. The van der Waals surface area contributed by atoms with E-state index in [0.29, 0.717) is 23.1 Å². The van der Waals surface area contributed by atoms with Gasteiger partial charge in [0.15, 0.2) is 0 Å². The fraction of sp³-hybridized carbons (Fsp3) is 0.933. The minimum Gasteiger partial charge on any atom is -0.298 e. The number of hydrogen-bond donors (Lipinski definition) is 0. The Morgan fingerprint density at radius 1 is 1.11 bits per heavy atom. The number of Topliss-reactive ketones (excluding diaryl/α,β-unsaturated/α-hetero) is 1. The molecule has 0 amide bonds. The molecule has 1 saturated heterocycles. The number of hydrogen-bond acceptors (Lipinski definition) is 2. The van der Waals surface area contributed by atoms with Gasteiger partial charge >= 0.3 is 0 Å². The zero-order valence-corrected chi connectivity index (χ0v) is 13.3. The van der Waals surface area contributed by atoms with E-state index < -0.39 is 0 Å². The monoisotopic (exact) mass is 315 g/mol. The molecule has 2 aliphatic rings. The summed E-state index contributed by atoms with van der Waals surface area (Å²) < 4.78 is 0. The third-order valence-corrected chi connectivity index (χ3v) is 5.35. The highest BCUT2D eigenvalue weighted by Crippen LogP contribution is 2.30. The van der Waals surface area contributed by atoms with Gasteiger partial charge in [0.2, 0.25) is 0 Å². The molecule has 0 bridgehead atoms. The number of alkyl halides is 1. The minimum atomic E-state index is 0.339. The van der Waals surface area contributed by atoms with Gasteiger partial charge in [-0.25, -0.2) is 0 Å². The Kier molecular flexibility index (Phi) is 5.25. The van der Waals surface area contributed by atoms with Crippen LogP contribution in [0.2, 0.25) is 0 Å². The molecule has 0 radical (unpaired) electrons. The van der Waals surface area contributed by atoms with Crippen molar-refractivity contribution in [3.05, 3.63) is 0 Å². The average Bonchev–Trinajstić information content (AvgIpc) is 2.28. The molecule has 2 nitrogen and oxygen atoms in total. The van der Waals surface area contributed by atoms with Crippen LogP contribution in [-0.4, -0.2) is 35.1 Å². The maximum atomic E-state index is 12.3. The number of rotatable bonds is 3. The Labute approximate surface area is 120 Å². The van der Waals surface area contributed by atoms with Crippen LogP contribution in [0.5, 0.6) is 0 Å². The molecule has 1 heterocycles. The molecular weight excluding hydrogens is 290 g/mol. The van der Waals surface area contributed by atoms with E-state index in [4.69, 9.17) is 0 Å². The third-order valence-electron chi connectivity index (χ3n) is 4.44. The van der Waals surface area contributed by atoms with E-state index >= 15 is 0 Å². The topological polar surface area (TPSA) is 20.3 Å². The van der Waals surface area contributed by atoms with E-state index in [1.807, 2.05) is 0 Å². The predicted molar refractivity (Wildman–Crippen MR) is 79.1 cm³/mol. The first kappa shape index (κ1) is 14.5. The normalized spacial score (nSPS) is 38.6. The highest BCUT2D eigenvalue weighted by Gasteiger charge is 2.28. The second-order valence-corrected chi connectivity index (χ2v) is 7.85.